The molecule has 5 N–H and O–H groups in total. The fourth-order valence-corrected chi connectivity index (χ4v) is 5.12. The fraction of sp³-hybridized carbons (Fsp3) is 0.478. The molecule has 6 atom stereocenters. The summed E-state index contributed by atoms with van der Waals surface area (Å²) >= 11 is 0. The van der Waals surface area contributed by atoms with Crippen molar-refractivity contribution >= 4 is 19.6 Å². The lowest BCUT2D eigenvalue weighted by atomic mass is 9.96. The second-order valence-electron chi connectivity index (χ2n) is 9.11. The molecule has 15 heteroatoms. The van der Waals surface area contributed by atoms with E-state index in [1.807, 2.05) is 0 Å². The summed E-state index contributed by atoms with van der Waals surface area (Å²) in [5, 5.41) is 24.2. The van der Waals surface area contributed by atoms with E-state index in [1.165, 1.54) is 26.0 Å². The third-order valence-electron chi connectivity index (χ3n) is 5.52. The first-order valence-corrected chi connectivity index (χ1v) is 13.2. The number of nitrogens with two attached hydrogens (primary N) is 1. The lowest BCUT2D eigenvalue weighted by molar-refractivity contribution is -0.149. The summed E-state index contributed by atoms with van der Waals surface area (Å²) in [6.07, 6.45) is -3.05. The number of hydrogen-bond acceptors (Lipinski definition) is 11. The van der Waals surface area contributed by atoms with E-state index in [9.17, 15) is 29.2 Å². The number of nitrogens with one attached hydrogen (secondary N) is 1. The SMILES string of the molecule is CC(C)OC(=O)[C@H](C)N[P@](=O)(OC[C@H]1O[C@@H](n2cc(C(N)=O)ncc2=O)[C@](C)(O)[C@@H]1O)Oc1ccccc1. The van der Waals surface area contributed by atoms with Crippen LogP contribution in [-0.4, -0.2) is 68.2 Å². The van der Waals surface area contributed by atoms with Crippen molar-refractivity contribution in [2.75, 3.05) is 6.61 Å². The molecule has 1 aliphatic heterocycles. The number of para-hydroxylation sites is 1. The van der Waals surface area contributed by atoms with Gasteiger partial charge < -0.3 is 29.9 Å². The molecule has 0 spiro atoms. The van der Waals surface area contributed by atoms with Crippen LogP contribution in [-0.2, 0) is 23.4 Å². The van der Waals surface area contributed by atoms with Gasteiger partial charge in [-0.1, -0.05) is 18.2 Å². The van der Waals surface area contributed by atoms with E-state index in [2.05, 4.69) is 10.1 Å². The molecule has 0 unspecified atom stereocenters. The van der Waals surface area contributed by atoms with Gasteiger partial charge in [0.05, 0.1) is 18.9 Å². The van der Waals surface area contributed by atoms with Gasteiger partial charge >= 0.3 is 13.7 Å². The highest BCUT2D eigenvalue weighted by Crippen LogP contribution is 2.46. The van der Waals surface area contributed by atoms with E-state index in [0.717, 1.165) is 17.0 Å². The highest BCUT2D eigenvalue weighted by Gasteiger charge is 2.54. The molecule has 1 amide bonds. The van der Waals surface area contributed by atoms with Crippen LogP contribution in [0.5, 0.6) is 5.75 Å². The molecule has 1 saturated heterocycles. The number of ether oxygens (including phenoxy) is 2. The Morgan fingerprint density at radius 1 is 1.29 bits per heavy atom. The molecule has 1 aliphatic rings. The van der Waals surface area contributed by atoms with Crippen LogP contribution < -0.4 is 20.9 Å². The van der Waals surface area contributed by atoms with E-state index < -0.39 is 68.0 Å². The summed E-state index contributed by atoms with van der Waals surface area (Å²) in [6.45, 7) is 5.33. The Morgan fingerprint density at radius 2 is 1.95 bits per heavy atom. The van der Waals surface area contributed by atoms with Gasteiger partial charge in [0, 0.05) is 6.20 Å². The molecule has 0 bridgehead atoms. The quantitative estimate of drug-likeness (QED) is 0.221. The van der Waals surface area contributed by atoms with Crippen molar-refractivity contribution in [3.63, 3.8) is 0 Å². The predicted octanol–water partition coefficient (Wildman–Crippen LogP) is 0.485. The Labute approximate surface area is 218 Å². The molecule has 2 aromatic rings. The molecular weight excluding hydrogens is 523 g/mol. The van der Waals surface area contributed by atoms with E-state index in [1.54, 1.807) is 32.0 Å². The molecule has 38 heavy (non-hydrogen) atoms. The zero-order valence-corrected chi connectivity index (χ0v) is 22.1. The van der Waals surface area contributed by atoms with Crippen LogP contribution in [0.2, 0.25) is 0 Å². The number of aromatic nitrogens is 2. The zero-order chi connectivity index (χ0) is 28.3. The van der Waals surface area contributed by atoms with Gasteiger partial charge in [-0.05, 0) is 39.8 Å². The summed E-state index contributed by atoms with van der Waals surface area (Å²) in [6, 6.07) is 6.90. The van der Waals surface area contributed by atoms with Gasteiger partial charge in [0.15, 0.2) is 6.23 Å². The number of carbonyl (C=O) groups is 2. The Hall–Kier alpha value is -3.13. The summed E-state index contributed by atoms with van der Waals surface area (Å²) < 4.78 is 36.4. The molecule has 1 aromatic carbocycles. The molecule has 1 fully saturated rings. The second-order valence-corrected chi connectivity index (χ2v) is 10.8. The summed E-state index contributed by atoms with van der Waals surface area (Å²) in [4.78, 5) is 39.8. The maximum atomic E-state index is 13.7. The minimum Gasteiger partial charge on any atom is -0.462 e. The van der Waals surface area contributed by atoms with Gasteiger partial charge in [0.1, 0.15) is 35.3 Å². The first-order chi connectivity index (χ1) is 17.7. The van der Waals surface area contributed by atoms with Crippen LogP contribution >= 0.6 is 7.75 Å². The molecular formula is C23H31N4O10P. The van der Waals surface area contributed by atoms with Crippen molar-refractivity contribution in [1.29, 1.82) is 0 Å². The van der Waals surface area contributed by atoms with Crippen molar-refractivity contribution in [1.82, 2.24) is 14.6 Å². The van der Waals surface area contributed by atoms with Gasteiger partial charge in [-0.15, -0.1) is 0 Å². The number of hydrogen-bond donors (Lipinski definition) is 4. The number of benzene rings is 1. The van der Waals surface area contributed by atoms with Crippen molar-refractivity contribution in [3.05, 3.63) is 58.8 Å². The molecule has 0 saturated carbocycles. The number of aliphatic hydroxyl groups is 2. The van der Waals surface area contributed by atoms with E-state index in [4.69, 9.17) is 24.3 Å². The highest BCUT2D eigenvalue weighted by molar-refractivity contribution is 7.52. The smallest absolute Gasteiger partial charge is 0.459 e. The third kappa shape index (κ3) is 6.84. The van der Waals surface area contributed by atoms with Crippen molar-refractivity contribution in [3.8, 4) is 5.75 Å². The van der Waals surface area contributed by atoms with Crippen LogP contribution in [0.1, 0.15) is 44.4 Å². The highest BCUT2D eigenvalue weighted by atomic mass is 31.2. The Kier molecular flexibility index (Phi) is 9.08. The van der Waals surface area contributed by atoms with Crippen LogP contribution in [0.15, 0.2) is 47.5 Å². The average molecular weight is 554 g/mol. The molecule has 1 aromatic heterocycles. The van der Waals surface area contributed by atoms with Gasteiger partial charge in [0.2, 0.25) is 0 Å². The lowest BCUT2D eigenvalue weighted by Gasteiger charge is -2.27. The van der Waals surface area contributed by atoms with Crippen LogP contribution in [0.3, 0.4) is 0 Å². The Morgan fingerprint density at radius 3 is 2.55 bits per heavy atom. The molecule has 14 nitrogen and oxygen atoms in total. The van der Waals surface area contributed by atoms with Crippen LogP contribution in [0.25, 0.3) is 0 Å². The molecule has 2 heterocycles. The number of amides is 1. The van der Waals surface area contributed by atoms with Gasteiger partial charge in [0.25, 0.3) is 11.5 Å². The number of carbonyl (C=O) groups excluding carboxylic acids is 2. The standard InChI is InChI=1S/C23H31N4O10P/c1-13(2)35-21(31)14(3)26-38(33,37-15-8-6-5-7-9-15)34-12-17-19(29)23(4,32)22(36-17)27-11-16(20(24)30)25-10-18(27)28/h5-11,13-14,17,19,22,29,32H,12H2,1-4H3,(H2,24,30)(H,26,33)/t14-,17+,19+,22+,23+,38-/m0/s1. The van der Waals surface area contributed by atoms with Crippen molar-refractivity contribution in [2.45, 2.75) is 63.9 Å². The molecule has 208 valence electrons. The zero-order valence-electron chi connectivity index (χ0n) is 21.2. The maximum absolute atomic E-state index is 13.7. The van der Waals surface area contributed by atoms with Gasteiger partial charge in [-0.3, -0.25) is 23.5 Å². The molecule has 3 rings (SSSR count). The summed E-state index contributed by atoms with van der Waals surface area (Å²) in [5.74, 6) is -1.47. The number of rotatable bonds is 11. The molecule has 0 aliphatic carbocycles. The predicted molar refractivity (Wildman–Crippen MR) is 132 cm³/mol. The van der Waals surface area contributed by atoms with Gasteiger partial charge in [-0.2, -0.15) is 5.09 Å². The molecule has 0 radical (unpaired) electrons. The summed E-state index contributed by atoms with van der Waals surface area (Å²) in [7, 11) is -4.30. The number of esters is 1. The largest absolute Gasteiger partial charge is 0.462 e. The second kappa shape index (κ2) is 11.7. The van der Waals surface area contributed by atoms with E-state index in [-0.39, 0.29) is 11.4 Å². The Bertz CT molecular complexity index is 1250. The topological polar surface area (TPSA) is 202 Å². The Balaban J connectivity index is 1.82. The monoisotopic (exact) mass is 554 g/mol. The number of primary amides is 1. The van der Waals surface area contributed by atoms with Crippen molar-refractivity contribution in [2.24, 2.45) is 5.73 Å². The summed E-state index contributed by atoms with van der Waals surface area (Å²) in [5.41, 5.74) is 2.15. The third-order valence-corrected chi connectivity index (χ3v) is 7.17. The van der Waals surface area contributed by atoms with Crippen molar-refractivity contribution < 1.29 is 42.9 Å². The van der Waals surface area contributed by atoms with E-state index in [0.29, 0.717) is 0 Å². The fourth-order valence-electron chi connectivity index (χ4n) is 3.61. The minimum absolute atomic E-state index is 0.160. The van der Waals surface area contributed by atoms with Crippen LogP contribution in [0.4, 0.5) is 0 Å². The average Bonchev–Trinajstić information content (AvgIpc) is 3.06. The van der Waals surface area contributed by atoms with E-state index >= 15 is 0 Å². The lowest BCUT2D eigenvalue weighted by Crippen LogP contribution is -2.46. The van der Waals surface area contributed by atoms with Crippen LogP contribution in [0, 0.1) is 0 Å². The number of aliphatic hydroxyl groups excluding tert-OH is 1. The minimum atomic E-state index is -4.30. The normalized spacial score (nSPS) is 25.5. The maximum Gasteiger partial charge on any atom is 0.459 e. The first kappa shape index (κ1) is 29.4. The first-order valence-electron chi connectivity index (χ1n) is 11.6. The van der Waals surface area contributed by atoms with Gasteiger partial charge in [-0.25, -0.2) is 9.55 Å². The number of nitrogens with zero attached hydrogens (tertiary/aromatic N) is 2.